The van der Waals surface area contributed by atoms with E-state index in [2.05, 4.69) is 10.9 Å². The summed E-state index contributed by atoms with van der Waals surface area (Å²) in [5.41, 5.74) is 5.97. The summed E-state index contributed by atoms with van der Waals surface area (Å²) in [7, 11) is -1.06. The zero-order valence-corrected chi connectivity index (χ0v) is 7.65. The standard InChI is InChI=1S/C5H16N3OP/c1-4-6-8(7-5-2)10(3)9/h6-7,9H,4-5H2,1-3H3. The van der Waals surface area contributed by atoms with Crippen molar-refractivity contribution in [1.29, 1.82) is 0 Å². The van der Waals surface area contributed by atoms with Crippen molar-refractivity contribution < 1.29 is 4.89 Å². The number of hydrogen-bond acceptors (Lipinski definition) is 4. The van der Waals surface area contributed by atoms with Crippen molar-refractivity contribution >= 4 is 8.30 Å². The van der Waals surface area contributed by atoms with Crippen molar-refractivity contribution in [2.24, 2.45) is 0 Å². The number of hydrogen-bond donors (Lipinski definition) is 3. The van der Waals surface area contributed by atoms with E-state index in [4.69, 9.17) is 4.89 Å². The Morgan fingerprint density at radius 3 is 1.90 bits per heavy atom. The molecule has 1 atom stereocenters. The molecule has 5 heteroatoms. The molecule has 0 rings (SSSR count). The SMILES string of the molecule is CCNN(NCC)P(C)O. The van der Waals surface area contributed by atoms with Gasteiger partial charge in [0, 0.05) is 13.1 Å². The van der Waals surface area contributed by atoms with Crippen molar-refractivity contribution in [2.75, 3.05) is 19.8 Å². The van der Waals surface area contributed by atoms with Crippen LogP contribution in [0.1, 0.15) is 13.8 Å². The van der Waals surface area contributed by atoms with E-state index < -0.39 is 8.30 Å². The highest BCUT2D eigenvalue weighted by atomic mass is 31.2. The second-order valence-electron chi connectivity index (χ2n) is 1.82. The highest BCUT2D eigenvalue weighted by Gasteiger charge is 2.06. The van der Waals surface area contributed by atoms with Gasteiger partial charge in [-0.2, -0.15) is 0 Å². The zero-order valence-electron chi connectivity index (χ0n) is 6.76. The molecule has 0 amide bonds. The van der Waals surface area contributed by atoms with Crippen molar-refractivity contribution in [3.8, 4) is 0 Å². The molecule has 0 aliphatic carbocycles. The monoisotopic (exact) mass is 165 g/mol. The Bertz CT molecular complexity index is 75.3. The van der Waals surface area contributed by atoms with Crippen molar-refractivity contribution in [1.82, 2.24) is 15.7 Å². The summed E-state index contributed by atoms with van der Waals surface area (Å²) in [4.78, 5) is 10.8. The van der Waals surface area contributed by atoms with Crippen molar-refractivity contribution in [3.05, 3.63) is 0 Å². The molecule has 10 heavy (non-hydrogen) atoms. The first kappa shape index (κ1) is 10.3. The summed E-state index contributed by atoms with van der Waals surface area (Å²) < 4.78 is 0. The van der Waals surface area contributed by atoms with Gasteiger partial charge in [0.15, 0.2) is 0 Å². The van der Waals surface area contributed by atoms with E-state index >= 15 is 0 Å². The first-order valence-corrected chi connectivity index (χ1v) is 5.11. The van der Waals surface area contributed by atoms with Crippen LogP contribution >= 0.6 is 8.30 Å². The predicted molar refractivity (Wildman–Crippen MR) is 44.3 cm³/mol. The van der Waals surface area contributed by atoms with Crippen molar-refractivity contribution in [2.45, 2.75) is 13.8 Å². The number of hydrazine groups is 2. The Kier molecular flexibility index (Phi) is 6.17. The molecule has 0 heterocycles. The van der Waals surface area contributed by atoms with E-state index in [1.165, 1.54) is 0 Å². The summed E-state index contributed by atoms with van der Waals surface area (Å²) in [6, 6.07) is 0. The molecule has 0 spiro atoms. The molecule has 62 valence electrons. The van der Waals surface area contributed by atoms with Gasteiger partial charge in [0.2, 0.25) is 0 Å². The average molecular weight is 165 g/mol. The van der Waals surface area contributed by atoms with Gasteiger partial charge in [-0.05, 0) is 6.66 Å². The Balaban J connectivity index is 3.50. The molecule has 0 aromatic rings. The fourth-order valence-electron chi connectivity index (χ4n) is 0.560. The summed E-state index contributed by atoms with van der Waals surface area (Å²) >= 11 is 0. The largest absolute Gasteiger partial charge is 0.357 e. The molecule has 0 saturated carbocycles. The Morgan fingerprint density at radius 2 is 1.70 bits per heavy atom. The molecule has 0 aliphatic rings. The lowest BCUT2D eigenvalue weighted by atomic mass is 10.8. The van der Waals surface area contributed by atoms with Crippen LogP contribution in [0.5, 0.6) is 0 Å². The maximum Gasteiger partial charge on any atom is 0.128 e. The van der Waals surface area contributed by atoms with E-state index in [9.17, 15) is 0 Å². The molecule has 0 aromatic heterocycles. The molecule has 4 nitrogen and oxygen atoms in total. The minimum absolute atomic E-state index is 0.820. The van der Waals surface area contributed by atoms with Gasteiger partial charge in [-0.15, -0.1) is 4.89 Å². The van der Waals surface area contributed by atoms with Gasteiger partial charge in [-0.3, -0.25) is 0 Å². The summed E-state index contributed by atoms with van der Waals surface area (Å²) in [5.74, 6) is 0. The van der Waals surface area contributed by atoms with E-state index in [0.717, 1.165) is 13.1 Å². The van der Waals surface area contributed by atoms with Crippen LogP contribution in [0, 0.1) is 0 Å². The third-order valence-corrected chi connectivity index (χ3v) is 1.77. The van der Waals surface area contributed by atoms with E-state index in [1.807, 2.05) is 13.8 Å². The lowest BCUT2D eigenvalue weighted by molar-refractivity contribution is 0.241. The molecular formula is C5H16N3OP. The quantitative estimate of drug-likeness (QED) is 0.404. The number of nitrogens with one attached hydrogen (secondary N) is 2. The number of nitrogens with zero attached hydrogens (tertiary/aromatic N) is 1. The van der Waals surface area contributed by atoms with Gasteiger partial charge in [-0.1, -0.05) is 13.8 Å². The highest BCUT2D eigenvalue weighted by molar-refractivity contribution is 7.47. The van der Waals surface area contributed by atoms with E-state index in [0.29, 0.717) is 0 Å². The third kappa shape index (κ3) is 4.14. The Morgan fingerprint density at radius 1 is 1.30 bits per heavy atom. The van der Waals surface area contributed by atoms with Crippen LogP contribution in [0.2, 0.25) is 0 Å². The molecule has 0 radical (unpaired) electrons. The molecule has 0 bridgehead atoms. The minimum Gasteiger partial charge on any atom is -0.357 e. The van der Waals surface area contributed by atoms with Gasteiger partial charge in [-0.25, -0.2) is 10.9 Å². The molecule has 0 aromatic carbocycles. The highest BCUT2D eigenvalue weighted by Crippen LogP contribution is 2.24. The summed E-state index contributed by atoms with van der Waals surface area (Å²) in [5, 5.41) is 0. The maximum atomic E-state index is 9.14. The normalized spacial score (nSPS) is 14.1. The maximum absolute atomic E-state index is 9.14. The van der Waals surface area contributed by atoms with Crippen LogP contribution in [0.15, 0.2) is 0 Å². The fraction of sp³-hybridized carbons (Fsp3) is 1.00. The first-order chi connectivity index (χ1) is 4.72. The van der Waals surface area contributed by atoms with Crippen LogP contribution in [0.3, 0.4) is 0 Å². The minimum atomic E-state index is -1.06. The average Bonchev–Trinajstić information content (AvgIpc) is 1.87. The molecule has 0 aliphatic heterocycles. The Hall–Kier alpha value is 0.270. The second kappa shape index (κ2) is 6.01. The van der Waals surface area contributed by atoms with Gasteiger partial charge < -0.3 is 4.89 Å². The topological polar surface area (TPSA) is 47.5 Å². The zero-order chi connectivity index (χ0) is 7.98. The molecule has 0 saturated heterocycles. The van der Waals surface area contributed by atoms with Crippen LogP contribution in [-0.2, 0) is 0 Å². The van der Waals surface area contributed by atoms with Gasteiger partial charge in [0.05, 0.1) is 0 Å². The fourth-order valence-corrected chi connectivity index (χ4v) is 1.25. The second-order valence-corrected chi connectivity index (χ2v) is 3.20. The van der Waals surface area contributed by atoms with Crippen LogP contribution < -0.4 is 10.9 Å². The third-order valence-electron chi connectivity index (χ3n) is 0.905. The van der Waals surface area contributed by atoms with E-state index in [-0.39, 0.29) is 0 Å². The predicted octanol–water partition coefficient (Wildman–Crippen LogP) is 0.271. The van der Waals surface area contributed by atoms with Crippen molar-refractivity contribution in [3.63, 3.8) is 0 Å². The molecule has 1 unspecified atom stereocenters. The summed E-state index contributed by atoms with van der Waals surface area (Å²) in [6.45, 7) is 7.38. The lowest BCUT2D eigenvalue weighted by Crippen LogP contribution is -2.43. The first-order valence-electron chi connectivity index (χ1n) is 3.42. The van der Waals surface area contributed by atoms with Gasteiger partial charge in [0.25, 0.3) is 0 Å². The number of rotatable bonds is 5. The van der Waals surface area contributed by atoms with Crippen LogP contribution in [0.4, 0.5) is 0 Å². The summed E-state index contributed by atoms with van der Waals surface area (Å²) in [6.07, 6.45) is 0. The van der Waals surface area contributed by atoms with Gasteiger partial charge in [0.1, 0.15) is 8.30 Å². The molecular weight excluding hydrogens is 149 g/mol. The smallest absolute Gasteiger partial charge is 0.128 e. The Labute approximate surface area is 63.4 Å². The molecule has 0 fully saturated rings. The van der Waals surface area contributed by atoms with Crippen LogP contribution in [-0.4, -0.2) is 29.5 Å². The lowest BCUT2D eigenvalue weighted by Gasteiger charge is -2.24. The molecule has 3 N–H and O–H groups in total. The van der Waals surface area contributed by atoms with Gasteiger partial charge >= 0.3 is 0 Å². The van der Waals surface area contributed by atoms with E-state index in [1.54, 1.807) is 11.6 Å². The van der Waals surface area contributed by atoms with Crippen LogP contribution in [0.25, 0.3) is 0 Å².